The van der Waals surface area contributed by atoms with Crippen LogP contribution in [-0.4, -0.2) is 21.9 Å². The highest BCUT2D eigenvalue weighted by Crippen LogP contribution is 2.16. The van der Waals surface area contributed by atoms with E-state index in [4.69, 9.17) is 16.5 Å². The summed E-state index contributed by atoms with van der Waals surface area (Å²) in [6, 6.07) is 6.31. The molecule has 112 valence electrons. The molecule has 1 amide bonds. The molecule has 5 nitrogen and oxygen atoms in total. The Balaban J connectivity index is 0.00000361. The highest BCUT2D eigenvalue weighted by atomic mass is 35.5. The van der Waals surface area contributed by atoms with E-state index in [-0.39, 0.29) is 18.3 Å². The van der Waals surface area contributed by atoms with Crippen LogP contribution < -0.4 is 10.2 Å². The summed E-state index contributed by atoms with van der Waals surface area (Å²) in [5.74, 6) is -0.498. The number of hydrazine groups is 1. The number of hydrogen-bond donors (Lipinski definition) is 1. The summed E-state index contributed by atoms with van der Waals surface area (Å²) < 4.78 is 6.11. The lowest BCUT2D eigenvalue weighted by Gasteiger charge is -2.28. The second kappa shape index (κ2) is 7.47. The Morgan fingerprint density at radius 3 is 2.40 bits per heavy atom. The first kappa shape index (κ1) is 18.7. The molecule has 0 aromatic heterocycles. The van der Waals surface area contributed by atoms with E-state index in [9.17, 15) is 9.59 Å². The maximum absolute atomic E-state index is 12.0. The fourth-order valence-corrected chi connectivity index (χ4v) is 1.26. The van der Waals surface area contributed by atoms with Crippen LogP contribution in [0.4, 0.5) is 0 Å². The van der Waals surface area contributed by atoms with Gasteiger partial charge in [-0.3, -0.25) is 15.0 Å². The van der Waals surface area contributed by atoms with E-state index in [0.29, 0.717) is 11.3 Å². The van der Waals surface area contributed by atoms with E-state index in [1.165, 1.54) is 17.5 Å². The molecule has 20 heavy (non-hydrogen) atoms. The van der Waals surface area contributed by atoms with Gasteiger partial charge in [0.25, 0.3) is 5.91 Å². The van der Waals surface area contributed by atoms with Crippen molar-refractivity contribution >= 4 is 36.1 Å². The van der Waals surface area contributed by atoms with Gasteiger partial charge in [-0.2, -0.15) is 0 Å². The monoisotopic (exact) mass is 320 g/mol. The first-order chi connectivity index (χ1) is 8.70. The van der Waals surface area contributed by atoms with Gasteiger partial charge in [-0.05, 0) is 39.0 Å². The Bertz CT molecular complexity index is 487. The van der Waals surface area contributed by atoms with Gasteiger partial charge in [0.1, 0.15) is 5.75 Å². The van der Waals surface area contributed by atoms with Crippen molar-refractivity contribution in [2.24, 2.45) is 0 Å². The number of carbonyl (C=O) groups is 2. The number of carbonyl (C=O) groups excluding carboxylic acids is 2. The minimum absolute atomic E-state index is 0. The summed E-state index contributed by atoms with van der Waals surface area (Å²) in [6.07, 6.45) is 0. The molecule has 1 rings (SSSR count). The lowest BCUT2D eigenvalue weighted by Crippen LogP contribution is -2.46. The van der Waals surface area contributed by atoms with Crippen LogP contribution in [0.1, 0.15) is 38.1 Å². The number of hydrogen-bond acceptors (Lipinski definition) is 4. The zero-order valence-corrected chi connectivity index (χ0v) is 13.3. The van der Waals surface area contributed by atoms with Gasteiger partial charge in [0.2, 0.25) is 0 Å². The maximum atomic E-state index is 12.0. The minimum atomic E-state index is -0.439. The molecule has 0 unspecified atom stereocenters. The molecule has 0 spiro atoms. The van der Waals surface area contributed by atoms with Gasteiger partial charge in [0.15, 0.2) is 0 Å². The average molecular weight is 321 g/mol. The SMILES string of the molecule is CC(=O)Oc1cccc(C(=O)NN(Cl)C(C)(C)C)c1.Cl. The molecule has 1 aromatic carbocycles. The van der Waals surface area contributed by atoms with Crippen LogP contribution in [0.25, 0.3) is 0 Å². The molecule has 0 heterocycles. The van der Waals surface area contributed by atoms with Crippen molar-refractivity contribution in [3.63, 3.8) is 0 Å². The third-order valence-electron chi connectivity index (χ3n) is 2.15. The predicted octanol–water partition coefficient (Wildman–Crippen LogP) is 2.93. The molecule has 0 saturated carbocycles. The zero-order chi connectivity index (χ0) is 14.6. The molecule has 0 aliphatic rings. The Labute approximate surface area is 129 Å². The highest BCUT2D eigenvalue weighted by Gasteiger charge is 2.22. The lowest BCUT2D eigenvalue weighted by molar-refractivity contribution is -0.131. The number of rotatable bonds is 3. The molecule has 1 N–H and O–H groups in total. The van der Waals surface area contributed by atoms with Gasteiger partial charge in [-0.25, -0.2) is 0 Å². The number of benzene rings is 1. The summed E-state index contributed by atoms with van der Waals surface area (Å²) in [5.41, 5.74) is 2.48. The molecular weight excluding hydrogens is 303 g/mol. The number of esters is 1. The van der Waals surface area contributed by atoms with E-state index in [1.807, 2.05) is 20.8 Å². The smallest absolute Gasteiger partial charge is 0.308 e. The van der Waals surface area contributed by atoms with Crippen LogP contribution in [0.5, 0.6) is 5.75 Å². The Morgan fingerprint density at radius 1 is 1.30 bits per heavy atom. The Kier molecular flexibility index (Phi) is 6.99. The first-order valence-electron chi connectivity index (χ1n) is 5.75. The zero-order valence-electron chi connectivity index (χ0n) is 11.8. The quantitative estimate of drug-likeness (QED) is 0.402. The lowest BCUT2D eigenvalue weighted by atomic mass is 10.1. The fraction of sp³-hybridized carbons (Fsp3) is 0.385. The summed E-state index contributed by atoms with van der Waals surface area (Å²) in [4.78, 5) is 22.8. The van der Waals surface area contributed by atoms with Crippen molar-refractivity contribution in [3.05, 3.63) is 29.8 Å². The van der Waals surface area contributed by atoms with Crippen molar-refractivity contribution in [1.82, 2.24) is 9.95 Å². The van der Waals surface area contributed by atoms with Gasteiger partial charge in [-0.1, -0.05) is 6.07 Å². The number of halogens is 2. The number of ether oxygens (including phenoxy) is 1. The van der Waals surface area contributed by atoms with E-state index in [0.717, 1.165) is 0 Å². The molecular formula is C13H18Cl2N2O3. The normalized spacial score (nSPS) is 10.7. The maximum Gasteiger partial charge on any atom is 0.308 e. The van der Waals surface area contributed by atoms with Crippen molar-refractivity contribution < 1.29 is 14.3 Å². The Hall–Kier alpha value is -1.30. The van der Waals surface area contributed by atoms with E-state index < -0.39 is 11.5 Å². The molecule has 0 aliphatic heterocycles. The Morgan fingerprint density at radius 2 is 1.90 bits per heavy atom. The second-order valence-electron chi connectivity index (χ2n) is 5.01. The van der Waals surface area contributed by atoms with Gasteiger partial charge in [0, 0.05) is 29.8 Å². The highest BCUT2D eigenvalue weighted by molar-refractivity contribution is 6.14. The predicted molar refractivity (Wildman–Crippen MR) is 79.9 cm³/mol. The van der Waals surface area contributed by atoms with Gasteiger partial charge >= 0.3 is 5.97 Å². The third kappa shape index (κ3) is 5.77. The van der Waals surface area contributed by atoms with E-state index >= 15 is 0 Å². The van der Waals surface area contributed by atoms with Crippen LogP contribution in [0.3, 0.4) is 0 Å². The summed E-state index contributed by atoms with van der Waals surface area (Å²) in [7, 11) is 0. The van der Waals surface area contributed by atoms with E-state index in [1.54, 1.807) is 18.2 Å². The van der Waals surface area contributed by atoms with Gasteiger partial charge in [-0.15, -0.1) is 16.9 Å². The topological polar surface area (TPSA) is 58.6 Å². The van der Waals surface area contributed by atoms with E-state index in [2.05, 4.69) is 5.43 Å². The van der Waals surface area contributed by atoms with Crippen molar-refractivity contribution in [2.45, 2.75) is 33.2 Å². The van der Waals surface area contributed by atoms with Crippen molar-refractivity contribution in [3.8, 4) is 5.75 Å². The van der Waals surface area contributed by atoms with Crippen LogP contribution in [-0.2, 0) is 4.79 Å². The standard InChI is InChI=1S/C13H17ClN2O3.ClH/c1-9(17)19-11-7-5-6-10(8-11)12(18)15-16(14)13(2,3)4;/h5-8H,1-4H3,(H,15,18);1H. The second-order valence-corrected chi connectivity index (χ2v) is 5.35. The first-order valence-corrected chi connectivity index (χ1v) is 6.09. The molecule has 7 heteroatoms. The summed E-state index contributed by atoms with van der Waals surface area (Å²) >= 11 is 5.94. The fourth-order valence-electron chi connectivity index (χ4n) is 1.19. The number of amides is 1. The molecule has 0 atom stereocenters. The molecule has 0 fully saturated rings. The van der Waals surface area contributed by atoms with Crippen LogP contribution in [0.2, 0.25) is 0 Å². The largest absolute Gasteiger partial charge is 0.427 e. The molecule has 0 saturated heterocycles. The van der Waals surface area contributed by atoms with Crippen LogP contribution in [0, 0.1) is 0 Å². The summed E-state index contributed by atoms with van der Waals surface area (Å²) in [6.45, 7) is 6.87. The molecule has 0 radical (unpaired) electrons. The van der Waals surface area contributed by atoms with Crippen molar-refractivity contribution in [1.29, 1.82) is 0 Å². The van der Waals surface area contributed by atoms with Gasteiger partial charge in [0.05, 0.1) is 0 Å². The number of nitrogens with one attached hydrogen (secondary N) is 1. The minimum Gasteiger partial charge on any atom is -0.427 e. The molecule has 0 aliphatic carbocycles. The van der Waals surface area contributed by atoms with Crippen LogP contribution >= 0.6 is 24.2 Å². The third-order valence-corrected chi connectivity index (χ3v) is 2.74. The van der Waals surface area contributed by atoms with Crippen LogP contribution in [0.15, 0.2) is 24.3 Å². The molecule has 0 bridgehead atoms. The summed E-state index contributed by atoms with van der Waals surface area (Å²) in [5, 5.41) is 0. The molecule has 1 aromatic rings. The van der Waals surface area contributed by atoms with Crippen molar-refractivity contribution in [2.75, 3.05) is 0 Å². The number of nitrogens with zero attached hydrogens (tertiary/aromatic N) is 1. The van der Waals surface area contributed by atoms with Gasteiger partial charge < -0.3 is 4.74 Å². The average Bonchev–Trinajstić information content (AvgIpc) is 2.27.